The molecule has 2 heterocycles. The van der Waals surface area contributed by atoms with Crippen LogP contribution in [0.2, 0.25) is 0 Å². The summed E-state index contributed by atoms with van der Waals surface area (Å²) in [5.74, 6) is 0.606. The Hall–Kier alpha value is -2.14. The molecule has 1 atom stereocenters. The molecule has 2 N–H and O–H groups in total. The first kappa shape index (κ1) is 21.2. The number of anilines is 1. The molecule has 1 aliphatic rings. The quantitative estimate of drug-likeness (QED) is 0.384. The van der Waals surface area contributed by atoms with Crippen molar-refractivity contribution in [2.24, 2.45) is 12.0 Å². The van der Waals surface area contributed by atoms with Gasteiger partial charge in [0.05, 0.1) is 18.0 Å². The van der Waals surface area contributed by atoms with Gasteiger partial charge in [0.15, 0.2) is 5.96 Å². The number of carbonyl (C=O) groups excluding carboxylic acids is 1. The summed E-state index contributed by atoms with van der Waals surface area (Å²) in [6.45, 7) is 1.78. The summed E-state index contributed by atoms with van der Waals surface area (Å²) in [6, 6.07) is 9.46. The monoisotopic (exact) mass is 484 g/mol. The van der Waals surface area contributed by atoms with Crippen molar-refractivity contribution in [3.63, 3.8) is 0 Å². The van der Waals surface area contributed by atoms with Gasteiger partial charge < -0.3 is 20.2 Å². The molecule has 0 bridgehead atoms. The van der Waals surface area contributed by atoms with Crippen LogP contribution in [-0.4, -0.2) is 64.9 Å². The number of halogens is 1. The number of aliphatic hydroxyl groups excluding tert-OH is 1. The van der Waals surface area contributed by atoms with E-state index in [2.05, 4.69) is 15.4 Å². The van der Waals surface area contributed by atoms with Gasteiger partial charge in [-0.25, -0.2) is 0 Å². The van der Waals surface area contributed by atoms with E-state index < -0.39 is 6.10 Å². The van der Waals surface area contributed by atoms with Crippen molar-refractivity contribution in [1.29, 1.82) is 0 Å². The molecule has 1 saturated heterocycles. The Balaban J connectivity index is 0.00000261. The van der Waals surface area contributed by atoms with Gasteiger partial charge in [0.25, 0.3) is 0 Å². The summed E-state index contributed by atoms with van der Waals surface area (Å²) >= 11 is 0. The number of piperazine rings is 1. The normalized spacial score (nSPS) is 16.1. The highest BCUT2D eigenvalue weighted by atomic mass is 127. The molecule has 0 aliphatic carbocycles. The Morgan fingerprint density at radius 2 is 2.07 bits per heavy atom. The Bertz CT molecular complexity index is 779. The van der Waals surface area contributed by atoms with E-state index in [1.54, 1.807) is 22.8 Å². The number of benzene rings is 1. The standard InChI is InChI=1S/C18H24N6O2.HI/c1-19-18(20-11-16(25)14-6-4-3-5-7-14)23-8-9-24(17(26)13-23)15-10-21-22(2)12-15;/h3-7,10,12,16,25H,8-9,11,13H2,1-2H3,(H,19,20);1H. The minimum atomic E-state index is -0.639. The molecule has 9 heteroatoms. The number of aryl methyl sites for hydroxylation is 1. The molecule has 1 amide bonds. The number of rotatable bonds is 4. The maximum absolute atomic E-state index is 12.5. The molecule has 146 valence electrons. The van der Waals surface area contributed by atoms with Crippen LogP contribution in [-0.2, 0) is 11.8 Å². The Kier molecular flexibility index (Phi) is 7.60. The van der Waals surface area contributed by atoms with Gasteiger partial charge in [-0.2, -0.15) is 5.10 Å². The van der Waals surface area contributed by atoms with Gasteiger partial charge in [-0.1, -0.05) is 30.3 Å². The molecule has 0 radical (unpaired) electrons. The summed E-state index contributed by atoms with van der Waals surface area (Å²) in [6.07, 6.45) is 2.88. The Morgan fingerprint density at radius 1 is 1.33 bits per heavy atom. The summed E-state index contributed by atoms with van der Waals surface area (Å²) in [4.78, 5) is 20.4. The van der Waals surface area contributed by atoms with Crippen LogP contribution in [0.15, 0.2) is 47.7 Å². The van der Waals surface area contributed by atoms with Crippen LogP contribution < -0.4 is 10.2 Å². The summed E-state index contributed by atoms with van der Waals surface area (Å²) in [5, 5.41) is 17.6. The van der Waals surface area contributed by atoms with Crippen molar-refractivity contribution in [2.75, 3.05) is 38.1 Å². The van der Waals surface area contributed by atoms with E-state index in [0.29, 0.717) is 25.6 Å². The Morgan fingerprint density at radius 3 is 2.67 bits per heavy atom. The van der Waals surface area contributed by atoms with Crippen LogP contribution in [0.4, 0.5) is 5.69 Å². The predicted octanol–water partition coefficient (Wildman–Crippen LogP) is 0.996. The number of aromatic nitrogens is 2. The van der Waals surface area contributed by atoms with E-state index in [0.717, 1.165) is 11.3 Å². The fourth-order valence-corrected chi connectivity index (χ4v) is 2.99. The van der Waals surface area contributed by atoms with Gasteiger partial charge in [0.2, 0.25) is 5.91 Å². The molecule has 8 nitrogen and oxygen atoms in total. The number of nitrogens with zero attached hydrogens (tertiary/aromatic N) is 5. The zero-order chi connectivity index (χ0) is 18.5. The highest BCUT2D eigenvalue weighted by Crippen LogP contribution is 2.16. The van der Waals surface area contributed by atoms with Crippen molar-refractivity contribution < 1.29 is 9.90 Å². The lowest BCUT2D eigenvalue weighted by Crippen LogP contribution is -2.55. The van der Waals surface area contributed by atoms with Gasteiger partial charge in [-0.15, -0.1) is 24.0 Å². The molecule has 1 aromatic heterocycles. The average Bonchev–Trinajstić information content (AvgIpc) is 3.09. The molecule has 0 spiro atoms. The second-order valence-electron chi connectivity index (χ2n) is 6.19. The number of amides is 1. The highest BCUT2D eigenvalue weighted by Gasteiger charge is 2.27. The van der Waals surface area contributed by atoms with Gasteiger partial charge in [-0.3, -0.25) is 14.5 Å². The van der Waals surface area contributed by atoms with Crippen LogP contribution in [0.3, 0.4) is 0 Å². The third-order valence-electron chi connectivity index (χ3n) is 4.37. The molecule has 1 aromatic carbocycles. The number of carbonyl (C=O) groups is 1. The molecule has 2 aromatic rings. The minimum Gasteiger partial charge on any atom is -0.387 e. The maximum atomic E-state index is 12.5. The molecule has 1 aliphatic heterocycles. The summed E-state index contributed by atoms with van der Waals surface area (Å²) in [5.41, 5.74) is 1.65. The summed E-state index contributed by atoms with van der Waals surface area (Å²) in [7, 11) is 3.50. The van der Waals surface area contributed by atoms with Gasteiger partial charge in [0.1, 0.15) is 6.54 Å². The smallest absolute Gasteiger partial charge is 0.246 e. The fraction of sp³-hybridized carbons (Fsp3) is 0.389. The number of guanidine groups is 1. The highest BCUT2D eigenvalue weighted by molar-refractivity contribution is 14.0. The third-order valence-corrected chi connectivity index (χ3v) is 4.37. The first-order chi connectivity index (χ1) is 12.6. The largest absolute Gasteiger partial charge is 0.387 e. The molecular formula is C18H25IN6O2. The van der Waals surface area contributed by atoms with E-state index in [9.17, 15) is 9.90 Å². The minimum absolute atomic E-state index is 0. The van der Waals surface area contributed by atoms with Crippen LogP contribution in [0.5, 0.6) is 0 Å². The fourth-order valence-electron chi connectivity index (χ4n) is 2.99. The third kappa shape index (κ3) is 5.19. The topological polar surface area (TPSA) is 86.0 Å². The van der Waals surface area contributed by atoms with Crippen molar-refractivity contribution in [3.8, 4) is 0 Å². The van der Waals surface area contributed by atoms with E-state index in [-0.39, 0.29) is 36.4 Å². The molecule has 0 saturated carbocycles. The van der Waals surface area contributed by atoms with E-state index >= 15 is 0 Å². The summed E-state index contributed by atoms with van der Waals surface area (Å²) < 4.78 is 1.68. The first-order valence-electron chi connectivity index (χ1n) is 8.56. The lowest BCUT2D eigenvalue weighted by atomic mass is 10.1. The Labute approximate surface area is 175 Å². The first-order valence-corrected chi connectivity index (χ1v) is 8.56. The van der Waals surface area contributed by atoms with E-state index in [1.165, 1.54) is 0 Å². The van der Waals surface area contributed by atoms with Gasteiger partial charge >= 0.3 is 0 Å². The SMILES string of the molecule is CN=C(NCC(O)c1ccccc1)N1CCN(c2cnn(C)c2)C(=O)C1.I. The van der Waals surface area contributed by atoms with Gasteiger partial charge in [0, 0.05) is 39.9 Å². The van der Waals surface area contributed by atoms with Crippen LogP contribution in [0.25, 0.3) is 0 Å². The molecule has 27 heavy (non-hydrogen) atoms. The predicted molar refractivity (Wildman–Crippen MR) is 115 cm³/mol. The van der Waals surface area contributed by atoms with Crippen molar-refractivity contribution in [2.45, 2.75) is 6.10 Å². The number of aliphatic imine (C=N–C) groups is 1. The molecular weight excluding hydrogens is 459 g/mol. The lowest BCUT2D eigenvalue weighted by molar-refractivity contribution is -0.120. The second-order valence-corrected chi connectivity index (χ2v) is 6.19. The number of aliphatic hydroxyl groups is 1. The van der Waals surface area contributed by atoms with Crippen LogP contribution in [0.1, 0.15) is 11.7 Å². The van der Waals surface area contributed by atoms with E-state index in [1.807, 2.05) is 48.5 Å². The zero-order valence-corrected chi connectivity index (χ0v) is 17.8. The van der Waals surface area contributed by atoms with Crippen molar-refractivity contribution in [1.82, 2.24) is 20.0 Å². The molecule has 1 fully saturated rings. The molecule has 3 rings (SSSR count). The number of hydrogen-bond donors (Lipinski definition) is 2. The van der Waals surface area contributed by atoms with E-state index in [4.69, 9.17) is 0 Å². The van der Waals surface area contributed by atoms with Crippen molar-refractivity contribution in [3.05, 3.63) is 48.3 Å². The number of nitrogens with one attached hydrogen (secondary N) is 1. The second kappa shape index (κ2) is 9.70. The van der Waals surface area contributed by atoms with Crippen molar-refractivity contribution >= 4 is 41.5 Å². The van der Waals surface area contributed by atoms with Gasteiger partial charge in [-0.05, 0) is 5.56 Å². The lowest BCUT2D eigenvalue weighted by Gasteiger charge is -2.35. The van der Waals surface area contributed by atoms with Crippen LogP contribution in [0, 0.1) is 0 Å². The molecule has 1 unspecified atom stereocenters. The average molecular weight is 484 g/mol. The maximum Gasteiger partial charge on any atom is 0.246 e. The van der Waals surface area contributed by atoms with Crippen LogP contribution >= 0.6 is 24.0 Å². The number of hydrogen-bond acceptors (Lipinski definition) is 4. The zero-order valence-electron chi connectivity index (χ0n) is 15.4.